The Bertz CT molecular complexity index is 332. The van der Waals surface area contributed by atoms with Crippen LogP contribution in [0.2, 0.25) is 0 Å². The number of hydrogen-bond acceptors (Lipinski definition) is 2. The molecular formula is C14H25N3. The summed E-state index contributed by atoms with van der Waals surface area (Å²) in [6.07, 6.45) is 10.5. The zero-order valence-corrected chi connectivity index (χ0v) is 11.2. The fourth-order valence-electron chi connectivity index (χ4n) is 3.08. The summed E-state index contributed by atoms with van der Waals surface area (Å²) in [5.74, 6) is 2.09. The molecule has 17 heavy (non-hydrogen) atoms. The van der Waals surface area contributed by atoms with Crippen LogP contribution < -0.4 is 5.32 Å². The average molecular weight is 235 g/mol. The van der Waals surface area contributed by atoms with E-state index in [0.717, 1.165) is 31.5 Å². The highest BCUT2D eigenvalue weighted by Gasteiger charge is 2.25. The summed E-state index contributed by atoms with van der Waals surface area (Å²) in [7, 11) is 0. The molecule has 1 saturated carbocycles. The highest BCUT2D eigenvalue weighted by molar-refractivity contribution is 4.92. The van der Waals surface area contributed by atoms with Crippen molar-refractivity contribution >= 4 is 0 Å². The molecule has 1 fully saturated rings. The first-order chi connectivity index (χ1) is 8.35. The van der Waals surface area contributed by atoms with Gasteiger partial charge in [0.1, 0.15) is 5.82 Å². The molecule has 0 radical (unpaired) electrons. The van der Waals surface area contributed by atoms with Crippen LogP contribution in [0.5, 0.6) is 0 Å². The van der Waals surface area contributed by atoms with E-state index in [1.807, 2.05) is 6.20 Å². The lowest BCUT2D eigenvalue weighted by molar-refractivity contribution is 0.364. The Labute approximate surface area is 105 Å². The molecule has 2 atom stereocenters. The van der Waals surface area contributed by atoms with Gasteiger partial charge in [0.05, 0.1) is 0 Å². The van der Waals surface area contributed by atoms with E-state index < -0.39 is 0 Å². The molecule has 3 heteroatoms. The van der Waals surface area contributed by atoms with Crippen molar-refractivity contribution in [1.29, 1.82) is 0 Å². The predicted molar refractivity (Wildman–Crippen MR) is 71.0 cm³/mol. The van der Waals surface area contributed by atoms with Gasteiger partial charge in [-0.05, 0) is 31.7 Å². The summed E-state index contributed by atoms with van der Waals surface area (Å²) in [5, 5.41) is 3.63. The Morgan fingerprint density at radius 2 is 2.29 bits per heavy atom. The van der Waals surface area contributed by atoms with Crippen LogP contribution in [0.15, 0.2) is 12.4 Å². The van der Waals surface area contributed by atoms with Gasteiger partial charge >= 0.3 is 0 Å². The van der Waals surface area contributed by atoms with Crippen LogP contribution in [-0.2, 0) is 13.0 Å². The smallest absolute Gasteiger partial charge is 0.108 e. The molecule has 1 N–H and O–H groups in total. The van der Waals surface area contributed by atoms with Crippen molar-refractivity contribution < 1.29 is 0 Å². The predicted octanol–water partition coefficient (Wildman–Crippen LogP) is 2.61. The molecule has 1 aromatic rings. The molecular weight excluding hydrogens is 210 g/mol. The quantitative estimate of drug-likeness (QED) is 0.821. The number of aryl methyl sites for hydroxylation is 2. The van der Waals surface area contributed by atoms with E-state index in [2.05, 4.69) is 34.9 Å². The van der Waals surface area contributed by atoms with Crippen molar-refractivity contribution in [2.75, 3.05) is 6.54 Å². The molecule has 0 aromatic carbocycles. The molecule has 0 aliphatic heterocycles. The standard InChI is InChI=1S/C14H25N3/c1-3-14-16-9-11-17(14)10-8-12-6-5-7-13(12)15-4-2/h9,11-13,15H,3-8,10H2,1-2H3. The number of rotatable bonds is 6. The van der Waals surface area contributed by atoms with E-state index in [4.69, 9.17) is 0 Å². The first-order valence-electron chi connectivity index (χ1n) is 7.08. The largest absolute Gasteiger partial charge is 0.335 e. The van der Waals surface area contributed by atoms with Gasteiger partial charge in [-0.15, -0.1) is 0 Å². The minimum atomic E-state index is 0.758. The van der Waals surface area contributed by atoms with Crippen molar-refractivity contribution in [3.05, 3.63) is 18.2 Å². The summed E-state index contributed by atoms with van der Waals surface area (Å²) in [6.45, 7) is 6.62. The zero-order valence-electron chi connectivity index (χ0n) is 11.2. The van der Waals surface area contributed by atoms with E-state index in [0.29, 0.717) is 0 Å². The highest BCUT2D eigenvalue weighted by Crippen LogP contribution is 2.28. The van der Waals surface area contributed by atoms with E-state index >= 15 is 0 Å². The Balaban J connectivity index is 1.85. The molecule has 1 aliphatic rings. The molecule has 1 aliphatic carbocycles. The van der Waals surface area contributed by atoms with Crippen LogP contribution in [0.25, 0.3) is 0 Å². The van der Waals surface area contributed by atoms with Crippen LogP contribution in [0, 0.1) is 5.92 Å². The van der Waals surface area contributed by atoms with Crippen LogP contribution in [0.4, 0.5) is 0 Å². The fourth-order valence-corrected chi connectivity index (χ4v) is 3.08. The molecule has 0 spiro atoms. The summed E-state index contributed by atoms with van der Waals surface area (Å²) in [4.78, 5) is 4.38. The van der Waals surface area contributed by atoms with Crippen LogP contribution >= 0.6 is 0 Å². The van der Waals surface area contributed by atoms with Crippen LogP contribution in [0.3, 0.4) is 0 Å². The van der Waals surface area contributed by atoms with E-state index in [-0.39, 0.29) is 0 Å². The first-order valence-corrected chi connectivity index (χ1v) is 7.08. The minimum Gasteiger partial charge on any atom is -0.335 e. The molecule has 1 aromatic heterocycles. The van der Waals surface area contributed by atoms with Crippen molar-refractivity contribution in [3.63, 3.8) is 0 Å². The van der Waals surface area contributed by atoms with Crippen molar-refractivity contribution in [3.8, 4) is 0 Å². The number of hydrogen-bond donors (Lipinski definition) is 1. The maximum Gasteiger partial charge on any atom is 0.108 e. The lowest BCUT2D eigenvalue weighted by Gasteiger charge is -2.20. The molecule has 0 bridgehead atoms. The van der Waals surface area contributed by atoms with E-state index in [1.165, 1.54) is 31.5 Å². The molecule has 0 saturated heterocycles. The SMILES string of the molecule is CCNC1CCCC1CCn1ccnc1CC. The van der Waals surface area contributed by atoms with Crippen LogP contribution in [-0.4, -0.2) is 22.1 Å². The second kappa shape index (κ2) is 6.20. The maximum atomic E-state index is 4.38. The Hall–Kier alpha value is -0.830. The van der Waals surface area contributed by atoms with Gasteiger partial charge in [0.15, 0.2) is 0 Å². The first kappa shape index (κ1) is 12.6. The molecule has 2 unspecified atom stereocenters. The summed E-state index contributed by atoms with van der Waals surface area (Å²) in [6, 6.07) is 0.758. The average Bonchev–Trinajstić information content (AvgIpc) is 2.95. The zero-order chi connectivity index (χ0) is 12.1. The third-order valence-electron chi connectivity index (χ3n) is 3.98. The molecule has 0 amide bonds. The molecule has 2 rings (SSSR count). The number of nitrogens with zero attached hydrogens (tertiary/aromatic N) is 2. The maximum absolute atomic E-state index is 4.38. The second-order valence-electron chi connectivity index (χ2n) is 5.03. The van der Waals surface area contributed by atoms with Gasteiger partial charge in [0.25, 0.3) is 0 Å². The lowest BCUT2D eigenvalue weighted by atomic mass is 9.99. The Morgan fingerprint density at radius 3 is 3.06 bits per heavy atom. The summed E-state index contributed by atoms with van der Waals surface area (Å²) in [5.41, 5.74) is 0. The van der Waals surface area contributed by atoms with Crippen molar-refractivity contribution in [2.45, 2.75) is 58.5 Å². The van der Waals surface area contributed by atoms with Crippen molar-refractivity contribution in [1.82, 2.24) is 14.9 Å². The van der Waals surface area contributed by atoms with Gasteiger partial charge in [0.2, 0.25) is 0 Å². The fraction of sp³-hybridized carbons (Fsp3) is 0.786. The topological polar surface area (TPSA) is 29.9 Å². The normalized spacial score (nSPS) is 24.4. The lowest BCUT2D eigenvalue weighted by Crippen LogP contribution is -2.32. The molecule has 1 heterocycles. The second-order valence-corrected chi connectivity index (χ2v) is 5.03. The highest BCUT2D eigenvalue weighted by atomic mass is 15.1. The summed E-state index contributed by atoms with van der Waals surface area (Å²) >= 11 is 0. The van der Waals surface area contributed by atoms with Gasteiger partial charge in [-0.1, -0.05) is 20.3 Å². The van der Waals surface area contributed by atoms with E-state index in [9.17, 15) is 0 Å². The Kier molecular flexibility index (Phi) is 4.60. The number of aromatic nitrogens is 2. The summed E-state index contributed by atoms with van der Waals surface area (Å²) < 4.78 is 2.32. The van der Waals surface area contributed by atoms with Gasteiger partial charge in [-0.2, -0.15) is 0 Å². The van der Waals surface area contributed by atoms with Gasteiger partial charge in [-0.3, -0.25) is 0 Å². The number of imidazole rings is 1. The third kappa shape index (κ3) is 3.09. The van der Waals surface area contributed by atoms with Crippen molar-refractivity contribution in [2.24, 2.45) is 5.92 Å². The minimum absolute atomic E-state index is 0.758. The van der Waals surface area contributed by atoms with E-state index in [1.54, 1.807) is 0 Å². The van der Waals surface area contributed by atoms with Gasteiger partial charge < -0.3 is 9.88 Å². The molecule has 3 nitrogen and oxygen atoms in total. The number of nitrogens with one attached hydrogen (secondary N) is 1. The molecule has 96 valence electrons. The Morgan fingerprint density at radius 1 is 1.41 bits per heavy atom. The third-order valence-corrected chi connectivity index (χ3v) is 3.98. The van der Waals surface area contributed by atoms with Gasteiger partial charge in [0, 0.05) is 31.4 Å². The van der Waals surface area contributed by atoms with Gasteiger partial charge in [-0.25, -0.2) is 4.98 Å². The monoisotopic (exact) mass is 235 g/mol. The van der Waals surface area contributed by atoms with Crippen LogP contribution in [0.1, 0.15) is 45.4 Å².